The molecule has 0 aromatic heterocycles. The molecule has 5 rings (SSSR count). The van der Waals surface area contributed by atoms with Crippen molar-refractivity contribution >= 4 is 41.5 Å². The Kier molecular flexibility index (Phi) is 8.44. The van der Waals surface area contributed by atoms with Gasteiger partial charge in [0.15, 0.2) is 12.1 Å². The average molecular weight is 609 g/mol. The van der Waals surface area contributed by atoms with E-state index in [2.05, 4.69) is 20.9 Å². The molecule has 4 heterocycles. The van der Waals surface area contributed by atoms with Gasteiger partial charge in [-0.15, -0.1) is 11.8 Å². The molecule has 230 valence electrons. The van der Waals surface area contributed by atoms with Gasteiger partial charge in [0.05, 0.1) is 6.61 Å². The van der Waals surface area contributed by atoms with Gasteiger partial charge < -0.3 is 72.6 Å². The third kappa shape index (κ3) is 5.19. The number of aliphatic hydroxyl groups excluding tert-OH is 3. The fourth-order valence-electron chi connectivity index (χ4n) is 5.70. The predicted molar refractivity (Wildman–Crippen MR) is 133 cm³/mol. The standard InChI is InChI=1S/C21H32N6O13S/c22-6(16(34)35)1-2-8(29)25-7(14(33)24-3-9(30)31)4-41-15-10-12-19(37,5-28)13-11(32)20(10,27-18(23)26-15)17(36)21(38,39-12)40-13/h6-7,10-13,15,17,28,32,36-38H,1-5,22H2,(H,24,33)(H,25,29)(H,30,31)(H,34,35)(H3,23,26,27)/t6-,7-,10+,11+,12+,13-,15+,17-,19-,20+,21-/m0/s1. The lowest BCUT2D eigenvalue weighted by atomic mass is 9.55. The highest BCUT2D eigenvalue weighted by atomic mass is 32.2. The van der Waals surface area contributed by atoms with Gasteiger partial charge in [-0.05, 0) is 6.42 Å². The molecule has 14 N–H and O–H groups in total. The number of rotatable bonds is 12. The second-order valence-corrected chi connectivity index (χ2v) is 11.4. The number of nitrogens with one attached hydrogen (secondary N) is 3. The highest BCUT2D eigenvalue weighted by molar-refractivity contribution is 8.00. The van der Waals surface area contributed by atoms with E-state index < -0.39 is 102 Å². The molecule has 4 bridgehead atoms. The van der Waals surface area contributed by atoms with Crippen LogP contribution in [0.25, 0.3) is 0 Å². The Morgan fingerprint density at radius 3 is 2.41 bits per heavy atom. The molecule has 19 nitrogen and oxygen atoms in total. The van der Waals surface area contributed by atoms with Gasteiger partial charge in [-0.2, -0.15) is 0 Å². The second-order valence-electron chi connectivity index (χ2n) is 10.2. The highest BCUT2D eigenvalue weighted by Gasteiger charge is 2.82. The third-order valence-corrected chi connectivity index (χ3v) is 8.97. The molecule has 3 saturated heterocycles. The largest absolute Gasteiger partial charge is 0.480 e. The molecule has 1 spiro atoms. The van der Waals surface area contributed by atoms with Crippen LogP contribution >= 0.6 is 11.8 Å². The minimum absolute atomic E-state index is 0.252. The summed E-state index contributed by atoms with van der Waals surface area (Å²) in [5.74, 6) is -8.87. The number of aliphatic carboxylic acids is 2. The minimum Gasteiger partial charge on any atom is -0.480 e. The molecule has 0 radical (unpaired) electrons. The number of ether oxygens (including phenoxy) is 2. The van der Waals surface area contributed by atoms with Crippen molar-refractivity contribution in [2.45, 2.75) is 71.8 Å². The monoisotopic (exact) mass is 608 g/mol. The molecular weight excluding hydrogens is 576 g/mol. The van der Waals surface area contributed by atoms with Crippen molar-refractivity contribution < 1.29 is 64.4 Å². The van der Waals surface area contributed by atoms with Gasteiger partial charge in [-0.3, -0.25) is 19.2 Å². The molecule has 5 aliphatic rings. The van der Waals surface area contributed by atoms with Crippen LogP contribution in [-0.2, 0) is 28.7 Å². The zero-order valence-corrected chi connectivity index (χ0v) is 22.1. The fourth-order valence-corrected chi connectivity index (χ4v) is 7.08. The number of thioether (sulfide) groups is 1. The van der Waals surface area contributed by atoms with Gasteiger partial charge in [0.25, 0.3) is 0 Å². The zero-order valence-electron chi connectivity index (χ0n) is 21.2. The van der Waals surface area contributed by atoms with Crippen LogP contribution in [0.1, 0.15) is 12.8 Å². The van der Waals surface area contributed by atoms with E-state index in [0.717, 1.165) is 11.8 Å². The Hall–Kier alpha value is -2.82. The van der Waals surface area contributed by atoms with E-state index in [4.69, 9.17) is 31.2 Å². The van der Waals surface area contributed by atoms with Crippen molar-refractivity contribution in [3.05, 3.63) is 0 Å². The third-order valence-electron chi connectivity index (χ3n) is 7.70. The minimum atomic E-state index is -2.68. The maximum atomic E-state index is 12.8. The molecule has 41 heavy (non-hydrogen) atoms. The lowest BCUT2D eigenvalue weighted by Gasteiger charge is -2.71. The number of nitrogens with two attached hydrogens (primary N) is 2. The second kappa shape index (κ2) is 11.1. The normalized spacial score (nSPS) is 40.0. The predicted octanol–water partition coefficient (Wildman–Crippen LogP) is -6.90. The molecule has 0 aromatic carbocycles. The van der Waals surface area contributed by atoms with Crippen LogP contribution in [-0.4, -0.2) is 143 Å². The van der Waals surface area contributed by atoms with Crippen LogP contribution in [0.15, 0.2) is 4.99 Å². The van der Waals surface area contributed by atoms with Crippen LogP contribution in [0, 0.1) is 5.92 Å². The molecule has 1 aliphatic carbocycles. The van der Waals surface area contributed by atoms with Crippen molar-refractivity contribution in [2.75, 3.05) is 18.9 Å². The van der Waals surface area contributed by atoms with Gasteiger partial charge in [-0.1, -0.05) is 0 Å². The first kappa shape index (κ1) is 31.1. The van der Waals surface area contributed by atoms with E-state index >= 15 is 0 Å². The van der Waals surface area contributed by atoms with Crippen LogP contribution in [0.2, 0.25) is 0 Å². The van der Waals surface area contributed by atoms with E-state index in [1.165, 1.54) is 0 Å². The number of amides is 2. The van der Waals surface area contributed by atoms with Crippen molar-refractivity contribution in [3.63, 3.8) is 0 Å². The SMILES string of the molecule is NC1=N[C@H](SC[C@H](NC(=O)CC[C@H](N)C(=O)O)C(=O)NCC(=O)O)[C@H]2[C@H]3O[C@]4(O)O[C@@H]([C@@H](O)[C@@]2(N1)[C@@H]4O)[C@]3(O)CO. The number of nitrogens with zero attached hydrogens (tertiary/aromatic N) is 1. The Labute approximate surface area is 235 Å². The molecule has 2 amide bonds. The number of carbonyl (C=O) groups excluding carboxylic acids is 2. The molecule has 1 saturated carbocycles. The number of carbonyl (C=O) groups is 4. The number of carboxylic acid groups (broad SMARTS) is 2. The first-order valence-corrected chi connectivity index (χ1v) is 13.4. The van der Waals surface area contributed by atoms with Crippen molar-refractivity contribution in [3.8, 4) is 0 Å². The van der Waals surface area contributed by atoms with E-state index in [9.17, 15) is 44.7 Å². The summed E-state index contributed by atoms with van der Waals surface area (Å²) < 4.78 is 10.7. The molecule has 4 fully saturated rings. The molecular formula is C21H32N6O13S. The molecule has 11 atom stereocenters. The first-order valence-electron chi connectivity index (χ1n) is 12.4. The maximum absolute atomic E-state index is 12.8. The lowest BCUT2D eigenvalue weighted by molar-refractivity contribution is -0.545. The molecule has 4 aliphatic heterocycles. The summed E-state index contributed by atoms with van der Waals surface area (Å²) in [6.07, 6.45) is -7.47. The number of aliphatic hydroxyl groups is 5. The molecule has 0 unspecified atom stereocenters. The van der Waals surface area contributed by atoms with Gasteiger partial charge in [0.2, 0.25) is 11.8 Å². The van der Waals surface area contributed by atoms with E-state index in [-0.39, 0.29) is 24.6 Å². The number of carboxylic acids is 2. The fraction of sp³-hybridized carbons (Fsp3) is 0.762. The van der Waals surface area contributed by atoms with Crippen molar-refractivity contribution in [1.29, 1.82) is 0 Å². The summed E-state index contributed by atoms with van der Waals surface area (Å²) in [6, 6.07) is -2.73. The lowest BCUT2D eigenvalue weighted by Crippen LogP contribution is -2.95. The highest BCUT2D eigenvalue weighted by Crippen LogP contribution is 2.59. The number of hydrogen-bond donors (Lipinski definition) is 12. The quantitative estimate of drug-likeness (QED) is 0.0978. The van der Waals surface area contributed by atoms with Crippen molar-refractivity contribution in [1.82, 2.24) is 16.0 Å². The summed E-state index contributed by atoms with van der Waals surface area (Å²) in [4.78, 5) is 51.4. The van der Waals surface area contributed by atoms with Crippen LogP contribution in [0.4, 0.5) is 0 Å². The van der Waals surface area contributed by atoms with Crippen molar-refractivity contribution in [2.24, 2.45) is 22.4 Å². The Morgan fingerprint density at radius 1 is 1.15 bits per heavy atom. The summed E-state index contributed by atoms with van der Waals surface area (Å²) >= 11 is 0.844. The zero-order chi connectivity index (χ0) is 30.5. The Bertz CT molecular complexity index is 1130. The summed E-state index contributed by atoms with van der Waals surface area (Å²) in [6.45, 7) is -1.76. The maximum Gasteiger partial charge on any atom is 0.322 e. The average Bonchev–Trinajstić information content (AvgIpc) is 2.91. The first-order chi connectivity index (χ1) is 19.1. The van der Waals surface area contributed by atoms with Gasteiger partial charge in [0.1, 0.15) is 53.5 Å². The smallest absolute Gasteiger partial charge is 0.322 e. The van der Waals surface area contributed by atoms with Crippen LogP contribution in [0.3, 0.4) is 0 Å². The number of guanidine groups is 1. The van der Waals surface area contributed by atoms with E-state index in [1.54, 1.807) is 0 Å². The summed E-state index contributed by atoms with van der Waals surface area (Å²) in [5.41, 5.74) is 7.21. The number of aliphatic imine (C=N–C) groups is 1. The van der Waals surface area contributed by atoms with Gasteiger partial charge in [0, 0.05) is 18.1 Å². The van der Waals surface area contributed by atoms with E-state index in [0.29, 0.717) is 0 Å². The summed E-state index contributed by atoms with van der Waals surface area (Å²) in [7, 11) is 0. The molecule has 0 aromatic rings. The summed E-state index contributed by atoms with van der Waals surface area (Å²) in [5, 5.41) is 78.2. The Morgan fingerprint density at radius 2 is 1.80 bits per heavy atom. The van der Waals surface area contributed by atoms with Gasteiger partial charge >= 0.3 is 17.9 Å². The van der Waals surface area contributed by atoms with Crippen LogP contribution < -0.4 is 27.4 Å². The number of hydrogen-bond acceptors (Lipinski definition) is 16. The molecule has 20 heteroatoms. The Balaban J connectivity index is 1.58. The van der Waals surface area contributed by atoms with Gasteiger partial charge in [-0.25, -0.2) is 4.99 Å². The van der Waals surface area contributed by atoms with E-state index in [1.807, 2.05) is 0 Å². The van der Waals surface area contributed by atoms with Crippen LogP contribution in [0.5, 0.6) is 0 Å². The topological polar surface area (TPSA) is 329 Å².